The average Bonchev–Trinajstić information content (AvgIpc) is 3.29. The number of benzene rings is 3. The van der Waals surface area contributed by atoms with Gasteiger partial charge in [-0.3, -0.25) is 4.79 Å². The van der Waals surface area contributed by atoms with E-state index in [1.165, 1.54) is 6.08 Å². The summed E-state index contributed by atoms with van der Waals surface area (Å²) in [6, 6.07) is 22.8. The molecule has 1 aromatic heterocycles. The number of hydrogen-bond acceptors (Lipinski definition) is 3. The second-order valence-corrected chi connectivity index (χ2v) is 8.58. The molecule has 1 heterocycles. The van der Waals surface area contributed by atoms with Crippen LogP contribution in [0, 0.1) is 0 Å². The zero-order valence-corrected chi connectivity index (χ0v) is 19.9. The van der Waals surface area contributed by atoms with Gasteiger partial charge in [0, 0.05) is 29.8 Å². The highest BCUT2D eigenvalue weighted by atomic mass is 35.5. The van der Waals surface area contributed by atoms with E-state index >= 15 is 0 Å². The number of para-hydroxylation sites is 1. The van der Waals surface area contributed by atoms with Crippen LogP contribution in [0.3, 0.4) is 0 Å². The number of carboxylic acids is 1. The number of nitrogens with zero attached hydrogens (tertiary/aromatic N) is 2. The first-order valence-electron chi connectivity index (χ1n) is 10.8. The van der Waals surface area contributed by atoms with Crippen molar-refractivity contribution in [1.29, 1.82) is 0 Å². The fourth-order valence-electron chi connectivity index (χ4n) is 3.53. The lowest BCUT2D eigenvalue weighted by molar-refractivity contribution is -0.141. The van der Waals surface area contributed by atoms with Crippen LogP contribution in [-0.4, -0.2) is 32.8 Å². The first-order valence-corrected chi connectivity index (χ1v) is 11.5. The number of rotatable bonds is 8. The zero-order chi connectivity index (χ0) is 24.8. The van der Waals surface area contributed by atoms with Gasteiger partial charge in [0.15, 0.2) is 0 Å². The van der Waals surface area contributed by atoms with Crippen LogP contribution in [0.25, 0.3) is 23.0 Å². The van der Waals surface area contributed by atoms with E-state index < -0.39 is 17.9 Å². The zero-order valence-electron chi connectivity index (χ0n) is 18.4. The summed E-state index contributed by atoms with van der Waals surface area (Å²) in [4.78, 5) is 24.3. The van der Waals surface area contributed by atoms with E-state index in [9.17, 15) is 14.7 Å². The van der Waals surface area contributed by atoms with Crippen LogP contribution in [0.15, 0.2) is 91.1 Å². The van der Waals surface area contributed by atoms with Crippen molar-refractivity contribution in [2.24, 2.45) is 0 Å². The van der Waals surface area contributed by atoms with Gasteiger partial charge in [-0.25, -0.2) is 9.48 Å². The predicted molar refractivity (Wildman–Crippen MR) is 138 cm³/mol. The van der Waals surface area contributed by atoms with Crippen LogP contribution < -0.4 is 5.32 Å². The Bertz CT molecular complexity index is 1370. The van der Waals surface area contributed by atoms with Gasteiger partial charge in [-0.2, -0.15) is 5.10 Å². The van der Waals surface area contributed by atoms with Crippen LogP contribution in [0.2, 0.25) is 10.0 Å². The van der Waals surface area contributed by atoms with Crippen molar-refractivity contribution >= 4 is 41.2 Å². The molecule has 1 unspecified atom stereocenters. The molecule has 176 valence electrons. The number of hydrogen-bond donors (Lipinski definition) is 2. The fourth-order valence-corrected chi connectivity index (χ4v) is 3.82. The maximum Gasteiger partial charge on any atom is 0.326 e. The summed E-state index contributed by atoms with van der Waals surface area (Å²) in [7, 11) is 0. The third-order valence-corrected chi connectivity index (χ3v) is 6.01. The number of nitrogens with one attached hydrogen (secondary N) is 1. The molecule has 0 saturated heterocycles. The number of carboxylic acid groups (broad SMARTS) is 1. The minimum absolute atomic E-state index is 0.177. The second-order valence-electron chi connectivity index (χ2n) is 7.76. The van der Waals surface area contributed by atoms with Crippen molar-refractivity contribution in [1.82, 2.24) is 15.1 Å². The quantitative estimate of drug-likeness (QED) is 0.302. The van der Waals surface area contributed by atoms with Crippen molar-refractivity contribution in [3.8, 4) is 16.9 Å². The Hall–Kier alpha value is -3.87. The maximum atomic E-state index is 12.6. The number of aromatic nitrogens is 2. The number of halogens is 2. The Kier molecular flexibility index (Phi) is 7.65. The van der Waals surface area contributed by atoms with Crippen LogP contribution >= 0.6 is 23.2 Å². The molecule has 0 aliphatic rings. The Balaban J connectivity index is 1.60. The molecule has 0 aliphatic heterocycles. The minimum atomic E-state index is -1.11. The molecule has 4 rings (SSSR count). The molecule has 1 atom stereocenters. The van der Waals surface area contributed by atoms with Crippen molar-refractivity contribution in [3.05, 3.63) is 112 Å². The van der Waals surface area contributed by atoms with Gasteiger partial charge < -0.3 is 10.4 Å². The van der Waals surface area contributed by atoms with Crippen molar-refractivity contribution < 1.29 is 14.7 Å². The molecule has 1 amide bonds. The Labute approximate surface area is 212 Å². The molecular formula is C27H21Cl2N3O3. The monoisotopic (exact) mass is 505 g/mol. The lowest BCUT2D eigenvalue weighted by Crippen LogP contribution is -2.41. The van der Waals surface area contributed by atoms with Crippen LogP contribution in [0.4, 0.5) is 0 Å². The van der Waals surface area contributed by atoms with E-state index in [4.69, 9.17) is 23.2 Å². The van der Waals surface area contributed by atoms with Gasteiger partial charge >= 0.3 is 5.97 Å². The molecule has 8 heteroatoms. The van der Waals surface area contributed by atoms with Crippen LogP contribution in [0.1, 0.15) is 11.1 Å². The second kappa shape index (κ2) is 11.0. The molecule has 35 heavy (non-hydrogen) atoms. The van der Waals surface area contributed by atoms with E-state index in [1.54, 1.807) is 35.2 Å². The molecule has 3 aromatic carbocycles. The Morgan fingerprint density at radius 1 is 0.971 bits per heavy atom. The van der Waals surface area contributed by atoms with Gasteiger partial charge in [0.05, 0.1) is 15.7 Å². The Morgan fingerprint density at radius 2 is 1.66 bits per heavy atom. The fraction of sp³-hybridized carbons (Fsp3) is 0.0741. The first kappa shape index (κ1) is 24.3. The third kappa shape index (κ3) is 6.18. The molecule has 6 nitrogen and oxygen atoms in total. The number of amides is 1. The molecule has 0 saturated carbocycles. The van der Waals surface area contributed by atoms with E-state index in [1.807, 2.05) is 60.7 Å². The van der Waals surface area contributed by atoms with Crippen LogP contribution in [-0.2, 0) is 16.0 Å². The largest absolute Gasteiger partial charge is 0.480 e. The van der Waals surface area contributed by atoms with Gasteiger partial charge in [-0.1, -0.05) is 77.8 Å². The maximum absolute atomic E-state index is 12.6. The highest BCUT2D eigenvalue weighted by Crippen LogP contribution is 2.30. The van der Waals surface area contributed by atoms with E-state index in [0.29, 0.717) is 21.3 Å². The lowest BCUT2D eigenvalue weighted by Gasteiger charge is -2.13. The van der Waals surface area contributed by atoms with E-state index in [-0.39, 0.29) is 6.42 Å². The van der Waals surface area contributed by atoms with E-state index in [0.717, 1.165) is 16.8 Å². The standard InChI is InChI=1S/C27H21Cl2N3O3/c28-22-13-11-19(16-23(22)29)26-20(17-32(31-26)21-9-5-2-6-10-21)12-14-25(33)30-24(27(34)35)15-18-7-3-1-4-8-18/h1-14,16-17,24H,15H2,(H,30,33)(H,34,35)/b14-12+. The predicted octanol–water partition coefficient (Wildman–Crippen LogP) is 5.67. The summed E-state index contributed by atoms with van der Waals surface area (Å²) >= 11 is 12.3. The molecule has 4 aromatic rings. The van der Waals surface area contributed by atoms with Crippen molar-refractivity contribution in [2.75, 3.05) is 0 Å². The van der Waals surface area contributed by atoms with Gasteiger partial charge in [-0.15, -0.1) is 0 Å². The molecule has 0 radical (unpaired) electrons. The summed E-state index contributed by atoms with van der Waals surface area (Å²) in [6.45, 7) is 0. The normalized spacial score (nSPS) is 11.9. The summed E-state index contributed by atoms with van der Waals surface area (Å²) in [5.41, 5.74) is 3.62. The van der Waals surface area contributed by atoms with Gasteiger partial charge in [0.25, 0.3) is 0 Å². The van der Waals surface area contributed by atoms with E-state index in [2.05, 4.69) is 10.4 Å². The molecule has 0 spiro atoms. The highest BCUT2D eigenvalue weighted by molar-refractivity contribution is 6.42. The average molecular weight is 506 g/mol. The lowest BCUT2D eigenvalue weighted by atomic mass is 10.1. The highest BCUT2D eigenvalue weighted by Gasteiger charge is 2.19. The molecule has 2 N–H and O–H groups in total. The number of carbonyl (C=O) groups is 2. The van der Waals surface area contributed by atoms with Gasteiger partial charge in [0.2, 0.25) is 5.91 Å². The van der Waals surface area contributed by atoms with Crippen molar-refractivity contribution in [2.45, 2.75) is 12.5 Å². The summed E-state index contributed by atoms with van der Waals surface area (Å²) in [5.74, 6) is -1.63. The van der Waals surface area contributed by atoms with Crippen LogP contribution in [0.5, 0.6) is 0 Å². The summed E-state index contributed by atoms with van der Waals surface area (Å²) in [5, 5.41) is 17.6. The summed E-state index contributed by atoms with van der Waals surface area (Å²) in [6.07, 6.45) is 4.86. The minimum Gasteiger partial charge on any atom is -0.480 e. The first-order chi connectivity index (χ1) is 16.9. The summed E-state index contributed by atoms with van der Waals surface area (Å²) < 4.78 is 1.70. The van der Waals surface area contributed by atoms with Crippen molar-refractivity contribution in [3.63, 3.8) is 0 Å². The number of aliphatic carboxylic acids is 1. The smallest absolute Gasteiger partial charge is 0.326 e. The Morgan fingerprint density at radius 3 is 2.31 bits per heavy atom. The van der Waals surface area contributed by atoms with Gasteiger partial charge in [0.1, 0.15) is 11.7 Å². The molecular weight excluding hydrogens is 485 g/mol. The molecule has 0 bridgehead atoms. The third-order valence-electron chi connectivity index (χ3n) is 5.27. The topological polar surface area (TPSA) is 84.2 Å². The number of carbonyl (C=O) groups excluding carboxylic acids is 1. The molecule has 0 fully saturated rings. The SMILES string of the molecule is O=C(/C=C/c1cn(-c2ccccc2)nc1-c1ccc(Cl)c(Cl)c1)NC(Cc1ccccc1)C(=O)O. The molecule has 0 aliphatic carbocycles. The van der Waals surface area contributed by atoms with Gasteiger partial charge in [-0.05, 0) is 35.9 Å².